The third-order valence-corrected chi connectivity index (χ3v) is 5.37. The number of nitrogens with zero attached hydrogens (tertiary/aromatic N) is 2. The molecule has 0 heterocycles. The van der Waals surface area contributed by atoms with Crippen LogP contribution in [-0.4, -0.2) is 29.7 Å². The van der Waals surface area contributed by atoms with E-state index < -0.39 is 0 Å². The van der Waals surface area contributed by atoms with Gasteiger partial charge in [0.1, 0.15) is 0 Å². The first-order chi connectivity index (χ1) is 14.6. The predicted molar refractivity (Wildman–Crippen MR) is 123 cm³/mol. The van der Waals surface area contributed by atoms with Gasteiger partial charge in [0.2, 0.25) is 0 Å². The fraction of sp³-hybridized carbons (Fsp3) is 0.208. The molecule has 0 aliphatic carbocycles. The molecule has 30 heavy (non-hydrogen) atoms. The lowest BCUT2D eigenvalue weighted by atomic mass is 10.0. The molecule has 0 saturated heterocycles. The van der Waals surface area contributed by atoms with Crippen LogP contribution in [-0.2, 0) is 6.54 Å². The topological polar surface area (TPSA) is 59.3 Å². The highest BCUT2D eigenvalue weighted by Gasteiger charge is 2.18. The van der Waals surface area contributed by atoms with Crippen molar-refractivity contribution in [1.82, 2.24) is 4.90 Å². The van der Waals surface area contributed by atoms with Crippen molar-refractivity contribution in [2.24, 2.45) is 0 Å². The Labute approximate surface area is 187 Å². The zero-order valence-electron chi connectivity index (χ0n) is 16.4. The van der Waals surface area contributed by atoms with Gasteiger partial charge in [0.05, 0.1) is 35.0 Å². The molecule has 3 aromatic rings. The number of hydrogen-bond donors (Lipinski definition) is 2. The molecule has 3 rings (SSSR count). The quantitative estimate of drug-likeness (QED) is 0.461. The Balaban J connectivity index is 1.86. The summed E-state index contributed by atoms with van der Waals surface area (Å²) in [5, 5.41) is 23.3. The van der Waals surface area contributed by atoms with E-state index in [0.717, 1.165) is 11.3 Å². The molecular formula is C24H23Cl2N3O. The summed E-state index contributed by atoms with van der Waals surface area (Å²) in [6.45, 7) is 1.97. The van der Waals surface area contributed by atoms with E-state index >= 15 is 0 Å². The van der Waals surface area contributed by atoms with Gasteiger partial charge in [-0.3, -0.25) is 4.90 Å². The fourth-order valence-corrected chi connectivity index (χ4v) is 3.66. The van der Waals surface area contributed by atoms with Gasteiger partial charge >= 0.3 is 0 Å². The molecule has 0 aromatic heterocycles. The molecule has 4 nitrogen and oxygen atoms in total. The average Bonchev–Trinajstić information content (AvgIpc) is 2.76. The third kappa shape index (κ3) is 6.22. The number of benzene rings is 3. The van der Waals surface area contributed by atoms with Crippen LogP contribution in [0.4, 0.5) is 5.69 Å². The summed E-state index contributed by atoms with van der Waals surface area (Å²) >= 11 is 12.5. The number of halogens is 2. The Morgan fingerprint density at radius 1 is 1.00 bits per heavy atom. The van der Waals surface area contributed by atoms with Crippen molar-refractivity contribution >= 4 is 28.9 Å². The zero-order valence-corrected chi connectivity index (χ0v) is 17.9. The summed E-state index contributed by atoms with van der Waals surface area (Å²) in [6, 6.07) is 25.1. The number of aliphatic hydroxyl groups is 1. The highest BCUT2D eigenvalue weighted by atomic mass is 35.5. The largest absolute Gasteiger partial charge is 0.395 e. The van der Waals surface area contributed by atoms with Crippen molar-refractivity contribution in [2.75, 3.05) is 25.0 Å². The third-order valence-electron chi connectivity index (χ3n) is 4.81. The van der Waals surface area contributed by atoms with E-state index in [9.17, 15) is 5.11 Å². The molecule has 0 radical (unpaired) electrons. The SMILES string of the molecule is N#Cc1ccc(NC(CN(CCO)Cc2ccccc2)c2ccc(Cl)cc2)c(Cl)c1. The van der Waals surface area contributed by atoms with Crippen LogP contribution in [0.2, 0.25) is 10.0 Å². The van der Waals surface area contributed by atoms with Gasteiger partial charge in [-0.1, -0.05) is 65.7 Å². The van der Waals surface area contributed by atoms with Crippen molar-refractivity contribution in [3.8, 4) is 6.07 Å². The van der Waals surface area contributed by atoms with Gasteiger partial charge in [0, 0.05) is 24.7 Å². The zero-order chi connectivity index (χ0) is 21.3. The van der Waals surface area contributed by atoms with Crippen molar-refractivity contribution < 1.29 is 5.11 Å². The number of nitrogens with one attached hydrogen (secondary N) is 1. The molecule has 0 amide bonds. The first-order valence-corrected chi connectivity index (χ1v) is 10.4. The smallest absolute Gasteiger partial charge is 0.0992 e. The van der Waals surface area contributed by atoms with Crippen LogP contribution < -0.4 is 5.32 Å². The van der Waals surface area contributed by atoms with E-state index in [1.54, 1.807) is 12.1 Å². The first kappa shape index (κ1) is 22.1. The second-order valence-corrected chi connectivity index (χ2v) is 7.84. The van der Waals surface area contributed by atoms with E-state index in [2.05, 4.69) is 28.4 Å². The van der Waals surface area contributed by atoms with Crippen LogP contribution >= 0.6 is 23.2 Å². The Hall–Kier alpha value is -2.55. The normalized spacial score (nSPS) is 11.8. The monoisotopic (exact) mass is 439 g/mol. The standard InChI is InChI=1S/C24H23Cl2N3O/c25-21-9-7-20(8-10-21)24(28-23-11-6-19(15-27)14-22(23)26)17-29(12-13-30)16-18-4-2-1-3-5-18/h1-11,14,24,28,30H,12-13,16-17H2. The molecule has 0 bridgehead atoms. The van der Waals surface area contributed by atoms with Gasteiger partial charge in [-0.05, 0) is 41.5 Å². The minimum Gasteiger partial charge on any atom is -0.395 e. The lowest BCUT2D eigenvalue weighted by Crippen LogP contribution is -2.33. The number of aliphatic hydroxyl groups excluding tert-OH is 1. The maximum absolute atomic E-state index is 9.59. The lowest BCUT2D eigenvalue weighted by molar-refractivity contribution is 0.185. The van der Waals surface area contributed by atoms with Crippen LogP contribution in [0.15, 0.2) is 72.8 Å². The molecule has 6 heteroatoms. The molecule has 0 spiro atoms. The molecule has 154 valence electrons. The van der Waals surface area contributed by atoms with Gasteiger partial charge in [-0.2, -0.15) is 5.26 Å². The van der Waals surface area contributed by atoms with Gasteiger partial charge in [-0.15, -0.1) is 0 Å². The van der Waals surface area contributed by atoms with Crippen molar-refractivity contribution in [3.05, 3.63) is 99.5 Å². The van der Waals surface area contributed by atoms with Crippen molar-refractivity contribution in [3.63, 3.8) is 0 Å². The molecule has 0 aliphatic heterocycles. The second-order valence-electron chi connectivity index (χ2n) is 7.00. The van der Waals surface area contributed by atoms with Gasteiger partial charge < -0.3 is 10.4 Å². The van der Waals surface area contributed by atoms with Crippen LogP contribution in [0.5, 0.6) is 0 Å². The summed E-state index contributed by atoms with van der Waals surface area (Å²) in [5.74, 6) is 0. The molecular weight excluding hydrogens is 417 g/mol. The molecule has 3 aromatic carbocycles. The van der Waals surface area contributed by atoms with Crippen molar-refractivity contribution in [1.29, 1.82) is 5.26 Å². The molecule has 1 unspecified atom stereocenters. The van der Waals surface area contributed by atoms with Crippen LogP contribution in [0.25, 0.3) is 0 Å². The van der Waals surface area contributed by atoms with E-state index in [-0.39, 0.29) is 12.6 Å². The summed E-state index contributed by atoms with van der Waals surface area (Å²) in [6.07, 6.45) is 0. The van der Waals surface area contributed by atoms with Crippen LogP contribution in [0.3, 0.4) is 0 Å². The number of nitriles is 1. The Bertz CT molecular complexity index is 988. The molecule has 1 atom stereocenters. The Morgan fingerprint density at radius 3 is 2.37 bits per heavy atom. The predicted octanol–water partition coefficient (Wildman–Crippen LogP) is 5.51. The molecule has 0 fully saturated rings. The number of hydrogen-bond acceptors (Lipinski definition) is 4. The van der Waals surface area contributed by atoms with Crippen LogP contribution in [0.1, 0.15) is 22.7 Å². The summed E-state index contributed by atoms with van der Waals surface area (Å²) in [4.78, 5) is 2.19. The second kappa shape index (κ2) is 11.0. The maximum Gasteiger partial charge on any atom is 0.0992 e. The molecule has 0 aliphatic rings. The van der Waals surface area contributed by atoms with E-state index in [1.165, 1.54) is 5.56 Å². The van der Waals surface area contributed by atoms with E-state index in [0.29, 0.717) is 35.2 Å². The lowest BCUT2D eigenvalue weighted by Gasteiger charge is -2.29. The summed E-state index contributed by atoms with van der Waals surface area (Å²) in [5.41, 5.74) is 3.49. The van der Waals surface area contributed by atoms with Gasteiger partial charge in [0.15, 0.2) is 0 Å². The van der Waals surface area contributed by atoms with Gasteiger partial charge in [0.25, 0.3) is 0 Å². The average molecular weight is 440 g/mol. The number of rotatable bonds is 9. The number of anilines is 1. The van der Waals surface area contributed by atoms with E-state index in [1.807, 2.05) is 48.5 Å². The summed E-state index contributed by atoms with van der Waals surface area (Å²) in [7, 11) is 0. The Kier molecular flexibility index (Phi) is 8.12. The minimum absolute atomic E-state index is 0.0673. The molecule has 0 saturated carbocycles. The highest BCUT2D eigenvalue weighted by Crippen LogP contribution is 2.29. The fourth-order valence-electron chi connectivity index (χ4n) is 3.30. The Morgan fingerprint density at radius 2 is 1.73 bits per heavy atom. The van der Waals surface area contributed by atoms with E-state index in [4.69, 9.17) is 28.5 Å². The minimum atomic E-state index is -0.0945. The molecule has 2 N–H and O–H groups in total. The summed E-state index contributed by atoms with van der Waals surface area (Å²) < 4.78 is 0. The highest BCUT2D eigenvalue weighted by molar-refractivity contribution is 6.33. The van der Waals surface area contributed by atoms with Gasteiger partial charge in [-0.25, -0.2) is 0 Å². The van der Waals surface area contributed by atoms with Crippen molar-refractivity contribution in [2.45, 2.75) is 12.6 Å². The maximum atomic E-state index is 9.59. The van der Waals surface area contributed by atoms with Crippen LogP contribution in [0, 0.1) is 11.3 Å². The first-order valence-electron chi connectivity index (χ1n) is 9.68.